The van der Waals surface area contributed by atoms with Crippen molar-refractivity contribution in [3.8, 4) is 22.3 Å². The van der Waals surface area contributed by atoms with Gasteiger partial charge in [-0.1, -0.05) is 152 Å². The number of nitrogen functional groups attached to an aromatic ring is 2. The third-order valence-corrected chi connectivity index (χ3v) is 24.0. The number of allylic oxidation sites excluding steroid dienone is 8. The molecular formula is C92H72N4O4. The average Bonchev–Trinajstić information content (AvgIpc) is 1.34. The normalized spacial score (nSPS) is 16.9. The van der Waals surface area contributed by atoms with E-state index in [0.717, 1.165) is 89.3 Å². The molecule has 4 N–H and O–H groups in total. The Morgan fingerprint density at radius 3 is 0.930 bits per heavy atom. The molecule has 100 heavy (non-hydrogen) atoms. The van der Waals surface area contributed by atoms with Gasteiger partial charge in [-0.25, -0.2) is 9.80 Å². The molecule has 2 aliphatic heterocycles. The van der Waals surface area contributed by atoms with Crippen molar-refractivity contribution in [2.45, 2.75) is 106 Å². The summed E-state index contributed by atoms with van der Waals surface area (Å²) in [6.45, 7) is 21.2. The summed E-state index contributed by atoms with van der Waals surface area (Å²) in [4.78, 5) is 63.0. The van der Waals surface area contributed by atoms with Gasteiger partial charge in [0.2, 0.25) is 0 Å². The fourth-order valence-electron chi connectivity index (χ4n) is 19.4. The van der Waals surface area contributed by atoms with Crippen LogP contribution in [0.3, 0.4) is 0 Å². The van der Waals surface area contributed by atoms with Gasteiger partial charge in [0.15, 0.2) is 0 Å². The molecule has 2 heterocycles. The minimum absolute atomic E-state index is 0.0309. The molecule has 0 saturated carbocycles. The maximum Gasteiger partial charge on any atom is 0.266 e. The monoisotopic (exact) mass is 1300 g/mol. The number of nitrogens with two attached hydrogens (primary N) is 2. The number of carbonyl (C=O) groups is 4. The Labute approximate surface area is 579 Å². The molecule has 20 rings (SSSR count). The van der Waals surface area contributed by atoms with Crippen molar-refractivity contribution in [1.82, 2.24) is 0 Å². The number of aryl methyl sites for hydroxylation is 4. The molecule has 0 bridgehead atoms. The van der Waals surface area contributed by atoms with Gasteiger partial charge in [0.05, 0.1) is 11.4 Å². The summed E-state index contributed by atoms with van der Waals surface area (Å²) in [6.07, 6.45) is 11.2. The van der Waals surface area contributed by atoms with Gasteiger partial charge in [-0.15, -0.1) is 0 Å². The quantitative estimate of drug-likeness (QED) is 0.0641. The van der Waals surface area contributed by atoms with E-state index in [9.17, 15) is 0 Å². The van der Waals surface area contributed by atoms with E-state index in [2.05, 4.69) is 191 Å². The van der Waals surface area contributed by atoms with Crippen LogP contribution in [0.1, 0.15) is 187 Å². The summed E-state index contributed by atoms with van der Waals surface area (Å²) in [7, 11) is 0. The molecule has 0 radical (unpaired) electrons. The van der Waals surface area contributed by atoms with Crippen molar-refractivity contribution in [2.24, 2.45) is 11.8 Å². The summed E-state index contributed by atoms with van der Waals surface area (Å²) in [5.41, 5.74) is 41.4. The van der Waals surface area contributed by atoms with Gasteiger partial charge in [0.25, 0.3) is 23.6 Å². The summed E-state index contributed by atoms with van der Waals surface area (Å²) < 4.78 is 0. The molecule has 484 valence electrons. The van der Waals surface area contributed by atoms with Crippen LogP contribution < -0.4 is 21.3 Å². The van der Waals surface area contributed by atoms with E-state index in [1.54, 1.807) is 0 Å². The van der Waals surface area contributed by atoms with Crippen molar-refractivity contribution in [3.63, 3.8) is 0 Å². The van der Waals surface area contributed by atoms with Crippen LogP contribution in [0, 0.1) is 25.7 Å². The van der Waals surface area contributed by atoms with Gasteiger partial charge in [-0.3, -0.25) is 19.2 Å². The Kier molecular flexibility index (Phi) is 11.9. The number of hydrogen-bond donors (Lipinski definition) is 2. The molecule has 5 aliphatic carbocycles. The van der Waals surface area contributed by atoms with Gasteiger partial charge < -0.3 is 11.5 Å². The topological polar surface area (TPSA) is 127 Å². The predicted molar refractivity (Wildman–Crippen MR) is 414 cm³/mol. The molecule has 8 nitrogen and oxygen atoms in total. The molecular weight excluding hydrogens is 1230 g/mol. The van der Waals surface area contributed by atoms with Crippen LogP contribution in [0.2, 0.25) is 0 Å². The standard InChI is InChI=1S/C92H72N4O4/c1-41(2)71-37-53(93)38-72(42(3)4)87(71)95-89(97)67-25-21-59-55-13-17-63-75-33-49-29-45(9)47(31-51(49)35-77(75)65-19-15-57(79(55)83(63)65)61-23-27-69(91(95)99)85(67)81(59)61)11-12-48-32-52-36-78-66-20-16-58-62-24-28-70-86-68(90(98)96(92(70)100)88-73(43(5)6)39-54(94)40-74(88)44(7)8)26-22-60(82(62)86)56-14-18-64(84(66)80(56)58)76(78)34-50(52)30-46(48)10/h13-44,79,83H,11-12,93-94H2,1-10H3. The first-order valence-electron chi connectivity index (χ1n) is 35.7. The minimum atomic E-state index is -0.304. The fourth-order valence-corrected chi connectivity index (χ4v) is 19.4. The number of carbonyl (C=O) groups excluding carboxylic acids is 4. The summed E-state index contributed by atoms with van der Waals surface area (Å²) in [5, 5.41) is 15.2. The molecule has 2 atom stereocenters. The van der Waals surface area contributed by atoms with Gasteiger partial charge in [-0.2, -0.15) is 0 Å². The molecule has 0 fully saturated rings. The summed E-state index contributed by atoms with van der Waals surface area (Å²) >= 11 is 0. The molecule has 0 spiro atoms. The number of hydrogen-bond acceptors (Lipinski definition) is 6. The Morgan fingerprint density at radius 1 is 0.310 bits per heavy atom. The number of amides is 4. The molecule has 2 unspecified atom stereocenters. The molecule has 0 aromatic heterocycles. The maximum atomic E-state index is 15.0. The largest absolute Gasteiger partial charge is 0.399 e. The van der Waals surface area contributed by atoms with E-state index in [1.807, 2.05) is 48.5 Å². The summed E-state index contributed by atoms with van der Waals surface area (Å²) in [5.74, 6) is -0.832. The highest BCUT2D eigenvalue weighted by atomic mass is 16.2. The van der Waals surface area contributed by atoms with E-state index >= 15 is 19.2 Å². The second-order valence-corrected chi connectivity index (χ2v) is 30.8. The molecule has 7 aliphatic rings. The van der Waals surface area contributed by atoms with Crippen LogP contribution in [0.15, 0.2) is 170 Å². The number of anilines is 4. The van der Waals surface area contributed by atoms with E-state index in [0.29, 0.717) is 45.0 Å². The van der Waals surface area contributed by atoms with E-state index in [1.165, 1.54) is 120 Å². The predicted octanol–water partition coefficient (Wildman–Crippen LogP) is 22.0. The average molecular weight is 1300 g/mol. The fraction of sp³-hybridized carbons (Fsp3) is 0.196. The van der Waals surface area contributed by atoms with Crippen molar-refractivity contribution < 1.29 is 19.2 Å². The third-order valence-electron chi connectivity index (χ3n) is 24.0. The van der Waals surface area contributed by atoms with Crippen LogP contribution in [0.4, 0.5) is 22.7 Å². The lowest BCUT2D eigenvalue weighted by Gasteiger charge is -2.41. The second kappa shape index (κ2) is 20.2. The van der Waals surface area contributed by atoms with Gasteiger partial charge in [0.1, 0.15) is 0 Å². The lowest BCUT2D eigenvalue weighted by Crippen LogP contribution is -2.42. The Bertz CT molecular complexity index is 6170. The zero-order chi connectivity index (χ0) is 68.4. The van der Waals surface area contributed by atoms with Crippen LogP contribution in [0.25, 0.3) is 120 Å². The first-order valence-corrected chi connectivity index (χ1v) is 35.7. The van der Waals surface area contributed by atoms with Gasteiger partial charge >= 0.3 is 0 Å². The molecule has 0 saturated heterocycles. The highest BCUT2D eigenvalue weighted by molar-refractivity contribution is 6.44. The number of fused-ring (bicyclic) bond motifs is 12. The Hall–Kier alpha value is -11.2. The molecule has 4 amide bonds. The first kappa shape index (κ1) is 58.9. The lowest BCUT2D eigenvalue weighted by molar-refractivity contribution is 0.0877. The van der Waals surface area contributed by atoms with Gasteiger partial charge in [0, 0.05) is 56.2 Å². The second-order valence-electron chi connectivity index (χ2n) is 30.8. The maximum absolute atomic E-state index is 15.0. The summed E-state index contributed by atoms with van der Waals surface area (Å²) in [6, 6.07) is 52.5. The number of benzene rings is 13. The van der Waals surface area contributed by atoms with Crippen LogP contribution >= 0.6 is 0 Å². The van der Waals surface area contributed by atoms with E-state index in [-0.39, 0.29) is 59.1 Å². The molecule has 13 aromatic carbocycles. The Morgan fingerprint density at radius 2 is 0.580 bits per heavy atom. The highest BCUT2D eigenvalue weighted by Gasteiger charge is 2.48. The van der Waals surface area contributed by atoms with Crippen molar-refractivity contribution in [2.75, 3.05) is 21.3 Å². The zero-order valence-corrected chi connectivity index (χ0v) is 57.7. The van der Waals surface area contributed by atoms with Gasteiger partial charge in [-0.05, 0) is 299 Å². The van der Waals surface area contributed by atoms with Crippen LogP contribution in [-0.4, -0.2) is 23.6 Å². The first-order chi connectivity index (χ1) is 48.2. The van der Waals surface area contributed by atoms with Crippen molar-refractivity contribution in [3.05, 3.63) is 259 Å². The lowest BCUT2D eigenvalue weighted by atomic mass is 9.62. The van der Waals surface area contributed by atoms with Crippen LogP contribution in [0.5, 0.6) is 0 Å². The van der Waals surface area contributed by atoms with Crippen LogP contribution in [-0.2, 0) is 12.8 Å². The zero-order valence-electron chi connectivity index (χ0n) is 57.7. The SMILES string of the molecule is Cc1cc2cc3c(cc2cc1CCc1cc2cc4c(cc2cc1C)-c1ccc2c5ccc6c7c(ccc(c8ccc-4c1c28)c75)C(=O)N(c1c(C(C)C)cc(N)cc1C(C)C)C6=O)C1=CC=C2c4ccc5c6c(ccc(c46)C4=CC=C3C1C42)C(=O)N(c1c(C(C)C)cc(N)cc1C(C)C)C5=O. The van der Waals surface area contributed by atoms with E-state index < -0.39 is 0 Å². The Balaban J connectivity index is 0.614. The van der Waals surface area contributed by atoms with Crippen molar-refractivity contribution >= 4 is 144 Å². The number of imide groups is 2. The number of nitrogens with zero attached hydrogens (tertiary/aromatic N) is 2. The van der Waals surface area contributed by atoms with E-state index in [4.69, 9.17) is 11.5 Å². The minimum Gasteiger partial charge on any atom is -0.399 e. The molecule has 13 aromatic rings. The van der Waals surface area contributed by atoms with Crippen molar-refractivity contribution in [1.29, 1.82) is 0 Å². The smallest absolute Gasteiger partial charge is 0.266 e. The third kappa shape index (κ3) is 7.60. The molecule has 8 heteroatoms. The highest BCUT2D eigenvalue weighted by Crippen LogP contribution is 2.64. The number of rotatable bonds is 9.